The van der Waals surface area contributed by atoms with Gasteiger partial charge in [-0.3, -0.25) is 4.84 Å². The molecule has 0 atom stereocenters. The largest absolute Gasteiger partial charge is 0.362 e. The van der Waals surface area contributed by atoms with Crippen molar-refractivity contribution in [3.05, 3.63) is 35.4 Å². The highest BCUT2D eigenvalue weighted by atomic mass is 35.5. The van der Waals surface area contributed by atoms with E-state index in [0.29, 0.717) is 6.42 Å². The minimum Gasteiger partial charge on any atom is -0.362 e. The molecule has 12 heavy (non-hydrogen) atoms. The lowest BCUT2D eigenvalue weighted by Gasteiger charge is -1.97. The van der Waals surface area contributed by atoms with Crippen molar-refractivity contribution < 1.29 is 4.79 Å². The van der Waals surface area contributed by atoms with Crippen molar-refractivity contribution in [2.24, 2.45) is 0 Å². The summed E-state index contributed by atoms with van der Waals surface area (Å²) < 4.78 is 0. The number of halogens is 1. The van der Waals surface area contributed by atoms with Gasteiger partial charge in [0.05, 0.1) is 6.42 Å². The molecular weight excluding hydrogens is 174 g/mol. The van der Waals surface area contributed by atoms with Gasteiger partial charge in [0, 0.05) is 17.5 Å². The number of anilines is 1. The van der Waals surface area contributed by atoms with Crippen molar-refractivity contribution >= 4 is 23.7 Å². The van der Waals surface area contributed by atoms with Crippen LogP contribution in [-0.4, -0.2) is 11.0 Å². The molecule has 0 bridgehead atoms. The molecular formula is C8H8ClN3. The molecule has 3 nitrogen and oxygen atoms in total. The molecule has 0 radical (unpaired) electrons. The molecule has 1 rings (SSSR count). The first kappa shape index (κ1) is 8.78. The van der Waals surface area contributed by atoms with Crippen molar-refractivity contribution in [1.82, 2.24) is 0 Å². The van der Waals surface area contributed by atoms with Gasteiger partial charge in [-0.1, -0.05) is 12.1 Å². The molecule has 0 unspecified atom stereocenters. The summed E-state index contributed by atoms with van der Waals surface area (Å²) in [4.78, 5) is 5.41. The topological polar surface area (TPSA) is 48.4 Å². The quantitative estimate of drug-likeness (QED) is 0.330. The van der Waals surface area contributed by atoms with Crippen LogP contribution in [0.5, 0.6) is 0 Å². The molecule has 0 spiro atoms. The van der Waals surface area contributed by atoms with E-state index in [9.17, 15) is 0 Å². The van der Waals surface area contributed by atoms with Gasteiger partial charge in [0.15, 0.2) is 0 Å². The molecule has 0 saturated heterocycles. The highest BCUT2D eigenvalue weighted by molar-refractivity contribution is 6.23. The van der Waals surface area contributed by atoms with Crippen molar-refractivity contribution in [1.29, 1.82) is 0 Å². The van der Waals surface area contributed by atoms with Gasteiger partial charge in [-0.25, -0.2) is 0 Å². The summed E-state index contributed by atoms with van der Waals surface area (Å²) in [5, 5.41) is 0. The maximum atomic E-state index is 8.16. The van der Waals surface area contributed by atoms with Gasteiger partial charge in [-0.15, -0.1) is 0 Å². The molecule has 1 N–H and O–H groups in total. The lowest BCUT2D eigenvalue weighted by molar-refractivity contribution is 0.00158. The van der Waals surface area contributed by atoms with Crippen molar-refractivity contribution in [3.63, 3.8) is 0 Å². The maximum Gasteiger partial charge on any atom is 0.261 e. The Labute approximate surface area is 75.7 Å². The number of nitrogens with zero attached hydrogens (tertiary/aromatic N) is 2. The molecule has 0 aliphatic carbocycles. The summed E-state index contributed by atoms with van der Waals surface area (Å²) >= 11 is 5.37. The summed E-state index contributed by atoms with van der Waals surface area (Å²) in [5.74, 6) is 0. The third kappa shape index (κ3) is 2.38. The number of benzene rings is 1. The molecule has 0 amide bonds. The van der Waals surface area contributed by atoms with E-state index in [4.69, 9.17) is 17.3 Å². The Kier molecular flexibility index (Phi) is 3.33. The van der Waals surface area contributed by atoms with E-state index in [-0.39, 0.29) is 0 Å². The lowest BCUT2D eigenvalue weighted by atomic mass is 10.1. The van der Waals surface area contributed by atoms with E-state index in [1.54, 1.807) is 0 Å². The molecule has 0 fully saturated rings. The van der Waals surface area contributed by atoms with E-state index in [1.165, 1.54) is 6.21 Å². The fourth-order valence-electron chi connectivity index (χ4n) is 0.850. The van der Waals surface area contributed by atoms with Gasteiger partial charge in [0.25, 0.3) is 6.21 Å². The minimum atomic E-state index is 0.624. The summed E-state index contributed by atoms with van der Waals surface area (Å²) in [7, 11) is 0. The predicted octanol–water partition coefficient (Wildman–Crippen LogP) is 2.10. The Hall–Kier alpha value is -1.31. The Balaban J connectivity index is 2.70. The van der Waals surface area contributed by atoms with E-state index in [0.717, 1.165) is 11.3 Å². The van der Waals surface area contributed by atoms with E-state index >= 15 is 0 Å². The molecule has 62 valence electrons. The van der Waals surface area contributed by atoms with Gasteiger partial charge in [-0.2, -0.15) is 4.79 Å². The molecule has 0 heterocycles. The van der Waals surface area contributed by atoms with E-state index < -0.39 is 0 Å². The summed E-state index contributed by atoms with van der Waals surface area (Å²) in [6.45, 7) is 0. The van der Waals surface area contributed by atoms with Crippen LogP contribution in [0, 0.1) is 0 Å². The summed E-state index contributed by atoms with van der Waals surface area (Å²) in [6.07, 6.45) is 2.06. The van der Waals surface area contributed by atoms with Crippen LogP contribution >= 0.6 is 11.8 Å². The summed E-state index contributed by atoms with van der Waals surface area (Å²) in [5.41, 5.74) is 10.1. The van der Waals surface area contributed by atoms with Crippen LogP contribution in [0.4, 0.5) is 5.69 Å². The fraction of sp³-hybridized carbons (Fsp3) is 0.125. The number of nitrogens with one attached hydrogen (secondary N) is 1. The highest BCUT2D eigenvalue weighted by Gasteiger charge is 1.92. The van der Waals surface area contributed by atoms with Gasteiger partial charge >= 0.3 is 0 Å². The van der Waals surface area contributed by atoms with Crippen LogP contribution in [-0.2, 0) is 6.42 Å². The van der Waals surface area contributed by atoms with Crippen LogP contribution in [0.1, 0.15) is 5.56 Å². The molecule has 4 heteroatoms. The normalized spacial score (nSPS) is 8.75. The van der Waals surface area contributed by atoms with Gasteiger partial charge in [0.1, 0.15) is 0 Å². The monoisotopic (exact) mass is 181 g/mol. The second kappa shape index (κ2) is 4.54. The first-order chi connectivity index (χ1) is 5.86. The Morgan fingerprint density at radius 1 is 1.42 bits per heavy atom. The van der Waals surface area contributed by atoms with Gasteiger partial charge < -0.3 is 5.53 Å². The van der Waals surface area contributed by atoms with Crippen LogP contribution in [0.2, 0.25) is 0 Å². The van der Waals surface area contributed by atoms with Crippen molar-refractivity contribution in [2.45, 2.75) is 6.42 Å². The van der Waals surface area contributed by atoms with Crippen LogP contribution in [0.3, 0.4) is 0 Å². The average Bonchev–Trinajstić information content (AvgIpc) is 2.15. The Morgan fingerprint density at radius 2 is 2.08 bits per heavy atom. The highest BCUT2D eigenvalue weighted by Crippen LogP contribution is 2.09. The van der Waals surface area contributed by atoms with Crippen LogP contribution < -0.4 is 4.84 Å². The third-order valence-electron chi connectivity index (χ3n) is 1.47. The summed E-state index contributed by atoms with van der Waals surface area (Å²) in [6, 6.07) is 7.53. The second-order valence-corrected chi connectivity index (χ2v) is 2.48. The number of rotatable bonds is 3. The third-order valence-corrected chi connectivity index (χ3v) is 1.69. The molecule has 0 aliphatic heterocycles. The Morgan fingerprint density at radius 3 is 2.58 bits per heavy atom. The van der Waals surface area contributed by atoms with Gasteiger partial charge in [-0.05, 0) is 17.7 Å². The zero-order valence-corrected chi connectivity index (χ0v) is 7.12. The van der Waals surface area contributed by atoms with Crippen LogP contribution in [0.15, 0.2) is 24.3 Å². The molecule has 0 aromatic heterocycles. The SMILES string of the molecule is [N-]=[N+]=CCc1ccc(NCl)cc1. The van der Waals surface area contributed by atoms with Crippen molar-refractivity contribution in [3.8, 4) is 0 Å². The first-order valence-electron chi connectivity index (χ1n) is 3.48. The second-order valence-electron chi connectivity index (χ2n) is 2.29. The molecule has 0 saturated carbocycles. The zero-order valence-electron chi connectivity index (χ0n) is 6.37. The predicted molar refractivity (Wildman–Crippen MR) is 49.3 cm³/mol. The van der Waals surface area contributed by atoms with Crippen LogP contribution in [0.25, 0.3) is 5.53 Å². The molecule has 0 aliphatic rings. The Bertz CT molecular complexity index is 288. The van der Waals surface area contributed by atoms with E-state index in [2.05, 4.69) is 9.63 Å². The van der Waals surface area contributed by atoms with E-state index in [1.807, 2.05) is 24.3 Å². The standard InChI is InChI=1S/C8H8ClN3/c9-12-8-3-1-7(2-4-8)5-6-11-10/h1-4,6,12H,5H2. The fourth-order valence-corrected chi connectivity index (χ4v) is 0.976. The number of hydrogen-bond acceptors (Lipinski definition) is 1. The van der Waals surface area contributed by atoms with Gasteiger partial charge in [0.2, 0.25) is 0 Å². The first-order valence-corrected chi connectivity index (χ1v) is 3.86. The average molecular weight is 182 g/mol. The molecule has 1 aromatic carbocycles. The van der Waals surface area contributed by atoms with Crippen molar-refractivity contribution in [2.75, 3.05) is 4.84 Å². The lowest BCUT2D eigenvalue weighted by Crippen LogP contribution is -1.87. The minimum absolute atomic E-state index is 0.624. The molecule has 1 aromatic rings. The number of hydrogen-bond donors (Lipinski definition) is 1. The zero-order chi connectivity index (χ0) is 8.81. The smallest absolute Gasteiger partial charge is 0.261 e. The maximum absolute atomic E-state index is 8.16.